The Bertz CT molecular complexity index is 43.6. The lowest BCUT2D eigenvalue weighted by Gasteiger charge is -1.90. The summed E-state index contributed by atoms with van der Waals surface area (Å²) in [5, 5.41) is 15.8. The van der Waals surface area contributed by atoms with Gasteiger partial charge in [-0.3, -0.25) is 0 Å². The van der Waals surface area contributed by atoms with Gasteiger partial charge < -0.3 is 15.1 Å². The van der Waals surface area contributed by atoms with Crippen molar-refractivity contribution in [3.63, 3.8) is 0 Å². The lowest BCUT2D eigenvalue weighted by atomic mass is 10.5. The van der Waals surface area contributed by atoms with Gasteiger partial charge in [-0.15, -0.1) is 0 Å². The van der Waals surface area contributed by atoms with Gasteiger partial charge in [0.05, 0.1) is 0 Å². The highest BCUT2D eigenvalue weighted by atomic mass is 16.5. The van der Waals surface area contributed by atoms with Crippen LogP contribution in [0, 0.1) is 0 Å². The SMILES string of the molecule is CCC(O)O.CN(C)C. The van der Waals surface area contributed by atoms with Crippen LogP contribution < -0.4 is 0 Å². The van der Waals surface area contributed by atoms with Gasteiger partial charge in [0.25, 0.3) is 0 Å². The van der Waals surface area contributed by atoms with Gasteiger partial charge in [-0.25, -0.2) is 0 Å². The summed E-state index contributed by atoms with van der Waals surface area (Å²) in [4.78, 5) is 2.00. The third kappa shape index (κ3) is 77.1. The lowest BCUT2D eigenvalue weighted by Crippen LogP contribution is -1.99. The van der Waals surface area contributed by atoms with Gasteiger partial charge in [0, 0.05) is 0 Å². The first-order valence-corrected chi connectivity index (χ1v) is 2.97. The topological polar surface area (TPSA) is 43.7 Å². The molecule has 0 rings (SSSR count). The molecule has 58 valence electrons. The molecule has 3 nitrogen and oxygen atoms in total. The third-order valence-corrected chi connectivity index (χ3v) is 0.365. The monoisotopic (exact) mass is 135 g/mol. The molecule has 2 N–H and O–H groups in total. The minimum absolute atomic E-state index is 0.417. The molecule has 0 saturated heterocycles. The van der Waals surface area contributed by atoms with Crippen LogP contribution in [0.4, 0.5) is 0 Å². The van der Waals surface area contributed by atoms with Crippen LogP contribution in [0.15, 0.2) is 0 Å². The molecule has 3 heteroatoms. The van der Waals surface area contributed by atoms with Gasteiger partial charge >= 0.3 is 0 Å². The summed E-state index contributed by atoms with van der Waals surface area (Å²) in [6.07, 6.45) is -0.699. The standard InChI is InChI=1S/C3H9N.C3H8O2/c1-4(2)3;1-2-3(4)5/h1-3H3;3-5H,2H2,1H3. The molecule has 0 aliphatic heterocycles. The molecule has 0 unspecified atom stereocenters. The maximum absolute atomic E-state index is 7.92. The Kier molecular flexibility index (Phi) is 10.2. The first-order chi connectivity index (χ1) is 4.00. The molecule has 0 aromatic carbocycles. The Labute approximate surface area is 56.9 Å². The zero-order valence-electron chi connectivity index (χ0n) is 6.63. The second-order valence-electron chi connectivity index (χ2n) is 2.23. The van der Waals surface area contributed by atoms with Crippen LogP contribution in [-0.4, -0.2) is 42.5 Å². The van der Waals surface area contributed by atoms with E-state index in [1.165, 1.54) is 0 Å². The van der Waals surface area contributed by atoms with Crippen molar-refractivity contribution in [2.45, 2.75) is 19.6 Å². The van der Waals surface area contributed by atoms with Crippen LogP contribution >= 0.6 is 0 Å². The molecule has 0 spiro atoms. The second kappa shape index (κ2) is 7.88. The number of hydrogen-bond acceptors (Lipinski definition) is 3. The lowest BCUT2D eigenvalue weighted by molar-refractivity contribution is -0.0413. The van der Waals surface area contributed by atoms with Gasteiger partial charge in [0.1, 0.15) is 0 Å². The summed E-state index contributed by atoms with van der Waals surface area (Å²) in [6.45, 7) is 1.70. The van der Waals surface area contributed by atoms with Crippen molar-refractivity contribution < 1.29 is 10.2 Å². The van der Waals surface area contributed by atoms with Crippen molar-refractivity contribution in [1.82, 2.24) is 4.90 Å². The van der Waals surface area contributed by atoms with Crippen molar-refractivity contribution in [3.05, 3.63) is 0 Å². The molecular weight excluding hydrogens is 118 g/mol. The molecule has 0 fully saturated rings. The van der Waals surface area contributed by atoms with E-state index in [9.17, 15) is 0 Å². The fraction of sp³-hybridized carbons (Fsp3) is 1.00. The molecule has 9 heavy (non-hydrogen) atoms. The molecule has 0 atom stereocenters. The molecule has 0 aromatic heterocycles. The molecule has 0 heterocycles. The zero-order valence-corrected chi connectivity index (χ0v) is 6.63. The predicted molar refractivity (Wildman–Crippen MR) is 38.1 cm³/mol. The zero-order chi connectivity index (χ0) is 7.86. The summed E-state index contributed by atoms with van der Waals surface area (Å²) in [6, 6.07) is 0. The van der Waals surface area contributed by atoms with Crippen LogP contribution in [0.1, 0.15) is 13.3 Å². The summed E-state index contributed by atoms with van der Waals surface area (Å²) in [5.41, 5.74) is 0. The summed E-state index contributed by atoms with van der Waals surface area (Å²) in [7, 11) is 6.00. The fourth-order valence-corrected chi connectivity index (χ4v) is 0. The van der Waals surface area contributed by atoms with Crippen molar-refractivity contribution >= 4 is 0 Å². The van der Waals surface area contributed by atoms with E-state index in [1.54, 1.807) is 6.92 Å². The second-order valence-corrected chi connectivity index (χ2v) is 2.23. The van der Waals surface area contributed by atoms with Crippen molar-refractivity contribution in [2.24, 2.45) is 0 Å². The van der Waals surface area contributed by atoms with E-state index < -0.39 is 6.29 Å². The molecular formula is C6H17NO2. The average molecular weight is 135 g/mol. The van der Waals surface area contributed by atoms with E-state index >= 15 is 0 Å². The van der Waals surface area contributed by atoms with Crippen LogP contribution in [0.2, 0.25) is 0 Å². The number of aliphatic hydroxyl groups excluding tert-OH is 1. The normalized spacial score (nSPS) is 9.33. The number of rotatable bonds is 1. The van der Waals surface area contributed by atoms with Crippen LogP contribution in [0.3, 0.4) is 0 Å². The minimum Gasteiger partial charge on any atom is -0.368 e. The fourth-order valence-electron chi connectivity index (χ4n) is 0. The van der Waals surface area contributed by atoms with Crippen LogP contribution in [0.25, 0.3) is 0 Å². The molecule has 0 aromatic rings. The summed E-state index contributed by atoms with van der Waals surface area (Å²) < 4.78 is 0. The van der Waals surface area contributed by atoms with Gasteiger partial charge in [-0.2, -0.15) is 0 Å². The molecule has 0 bridgehead atoms. The van der Waals surface area contributed by atoms with Gasteiger partial charge in [-0.1, -0.05) is 6.92 Å². The molecule has 0 amide bonds. The maximum Gasteiger partial charge on any atom is 0.151 e. The minimum atomic E-state index is -1.12. The molecule has 0 aliphatic carbocycles. The predicted octanol–water partition coefficient (Wildman–Crippen LogP) is -0.115. The Morgan fingerprint density at radius 3 is 1.33 bits per heavy atom. The van der Waals surface area contributed by atoms with E-state index in [-0.39, 0.29) is 0 Å². The Hall–Kier alpha value is -0.120. The largest absolute Gasteiger partial charge is 0.368 e. The number of aliphatic hydroxyl groups is 2. The van der Waals surface area contributed by atoms with E-state index in [4.69, 9.17) is 10.2 Å². The number of nitrogens with zero attached hydrogens (tertiary/aromatic N) is 1. The third-order valence-electron chi connectivity index (χ3n) is 0.365. The molecule has 0 aliphatic rings. The smallest absolute Gasteiger partial charge is 0.151 e. The van der Waals surface area contributed by atoms with Crippen LogP contribution in [-0.2, 0) is 0 Å². The first-order valence-electron chi connectivity index (χ1n) is 2.97. The highest BCUT2D eigenvalue weighted by Crippen LogP contribution is 1.77. The molecule has 0 radical (unpaired) electrons. The van der Waals surface area contributed by atoms with Gasteiger partial charge in [0.2, 0.25) is 0 Å². The highest BCUT2D eigenvalue weighted by molar-refractivity contribution is 4.21. The van der Waals surface area contributed by atoms with Crippen molar-refractivity contribution in [1.29, 1.82) is 0 Å². The van der Waals surface area contributed by atoms with Crippen molar-refractivity contribution in [2.75, 3.05) is 21.1 Å². The van der Waals surface area contributed by atoms with E-state index in [2.05, 4.69) is 0 Å². The summed E-state index contributed by atoms with van der Waals surface area (Å²) in [5.74, 6) is 0. The Morgan fingerprint density at radius 1 is 1.22 bits per heavy atom. The number of hydrogen-bond donors (Lipinski definition) is 2. The highest BCUT2D eigenvalue weighted by Gasteiger charge is 1.83. The van der Waals surface area contributed by atoms with Crippen LogP contribution in [0.5, 0.6) is 0 Å². The van der Waals surface area contributed by atoms with Crippen molar-refractivity contribution in [3.8, 4) is 0 Å². The molecule has 0 saturated carbocycles. The Morgan fingerprint density at radius 2 is 1.33 bits per heavy atom. The summed E-state index contributed by atoms with van der Waals surface area (Å²) >= 11 is 0. The quantitative estimate of drug-likeness (QED) is 0.493. The van der Waals surface area contributed by atoms with Gasteiger partial charge in [0.15, 0.2) is 6.29 Å². The Balaban J connectivity index is 0. The van der Waals surface area contributed by atoms with Gasteiger partial charge in [-0.05, 0) is 27.6 Å². The van der Waals surface area contributed by atoms with E-state index in [1.807, 2.05) is 26.0 Å². The van der Waals surface area contributed by atoms with E-state index in [0.717, 1.165) is 0 Å². The first kappa shape index (κ1) is 11.6. The average Bonchev–Trinajstić information content (AvgIpc) is 1.65. The van der Waals surface area contributed by atoms with E-state index in [0.29, 0.717) is 6.42 Å². The maximum atomic E-state index is 7.92.